The van der Waals surface area contributed by atoms with Gasteiger partial charge in [-0.2, -0.15) is 0 Å². The highest BCUT2D eigenvalue weighted by Gasteiger charge is 2.44. The average Bonchev–Trinajstić information content (AvgIpc) is 2.84. The van der Waals surface area contributed by atoms with Crippen molar-refractivity contribution in [1.82, 2.24) is 4.90 Å². The Kier molecular flexibility index (Phi) is 6.93. The number of hydrogen-bond donors (Lipinski definition) is 1. The molecule has 0 bridgehead atoms. The lowest BCUT2D eigenvalue weighted by Gasteiger charge is -2.41. The summed E-state index contributed by atoms with van der Waals surface area (Å²) >= 11 is 0. The Morgan fingerprint density at radius 3 is 2.50 bits per heavy atom. The van der Waals surface area contributed by atoms with Crippen molar-refractivity contribution in [3.8, 4) is 5.75 Å². The van der Waals surface area contributed by atoms with Gasteiger partial charge in [0.05, 0.1) is 31.4 Å². The van der Waals surface area contributed by atoms with Gasteiger partial charge in [-0.15, -0.1) is 0 Å². The lowest BCUT2D eigenvalue weighted by atomic mass is 9.79. The van der Waals surface area contributed by atoms with Crippen molar-refractivity contribution in [1.29, 1.82) is 0 Å². The SMILES string of the molecule is COCCN1C(=O)c2ccccc2C(C(=O)Nc2cc(C)ccc2OC)C1c1ccc(F)cc1. The summed E-state index contributed by atoms with van der Waals surface area (Å²) in [7, 11) is 3.10. The van der Waals surface area contributed by atoms with Crippen molar-refractivity contribution in [2.24, 2.45) is 0 Å². The average molecular weight is 463 g/mol. The van der Waals surface area contributed by atoms with Crippen LogP contribution in [-0.2, 0) is 9.53 Å². The molecule has 7 heteroatoms. The Labute approximate surface area is 198 Å². The molecule has 3 aromatic carbocycles. The highest BCUT2D eigenvalue weighted by Crippen LogP contribution is 2.43. The maximum Gasteiger partial charge on any atom is 0.254 e. The van der Waals surface area contributed by atoms with Crippen molar-refractivity contribution in [3.05, 3.63) is 94.8 Å². The van der Waals surface area contributed by atoms with Gasteiger partial charge in [-0.05, 0) is 53.9 Å². The molecule has 0 saturated heterocycles. The number of methoxy groups -OCH3 is 2. The first-order chi connectivity index (χ1) is 16.4. The second-order valence-electron chi connectivity index (χ2n) is 8.25. The molecule has 1 aliphatic heterocycles. The minimum Gasteiger partial charge on any atom is -0.495 e. The third-order valence-corrected chi connectivity index (χ3v) is 6.08. The molecule has 4 rings (SSSR count). The van der Waals surface area contributed by atoms with Crippen LogP contribution in [0.5, 0.6) is 5.75 Å². The van der Waals surface area contributed by atoms with E-state index >= 15 is 0 Å². The molecule has 0 fully saturated rings. The summed E-state index contributed by atoms with van der Waals surface area (Å²) in [6.07, 6.45) is 0. The number of anilines is 1. The first-order valence-corrected chi connectivity index (χ1v) is 11.0. The van der Waals surface area contributed by atoms with E-state index in [1.807, 2.05) is 25.1 Å². The van der Waals surface area contributed by atoms with Crippen LogP contribution in [-0.4, -0.2) is 44.1 Å². The Morgan fingerprint density at radius 2 is 1.79 bits per heavy atom. The lowest BCUT2D eigenvalue weighted by Crippen LogP contribution is -2.47. The number of aryl methyl sites for hydroxylation is 1. The molecule has 6 nitrogen and oxygen atoms in total. The number of carbonyl (C=O) groups is 2. The van der Waals surface area contributed by atoms with Crippen molar-refractivity contribution < 1.29 is 23.5 Å². The minimum atomic E-state index is -0.735. The zero-order valence-electron chi connectivity index (χ0n) is 19.4. The maximum atomic E-state index is 13.9. The Balaban J connectivity index is 1.84. The largest absolute Gasteiger partial charge is 0.495 e. The minimum absolute atomic E-state index is 0.195. The summed E-state index contributed by atoms with van der Waals surface area (Å²) in [5, 5.41) is 3.01. The molecule has 0 aliphatic carbocycles. The smallest absolute Gasteiger partial charge is 0.254 e. The number of nitrogens with zero attached hydrogens (tertiary/aromatic N) is 1. The molecular weight excluding hydrogens is 435 g/mol. The predicted octanol–water partition coefficient (Wildman–Crippen LogP) is 4.71. The van der Waals surface area contributed by atoms with E-state index in [1.165, 1.54) is 12.1 Å². The van der Waals surface area contributed by atoms with Crippen LogP contribution in [0, 0.1) is 12.7 Å². The van der Waals surface area contributed by atoms with E-state index in [9.17, 15) is 14.0 Å². The second-order valence-corrected chi connectivity index (χ2v) is 8.25. The van der Waals surface area contributed by atoms with Crippen molar-refractivity contribution in [2.45, 2.75) is 18.9 Å². The molecule has 2 amide bonds. The lowest BCUT2D eigenvalue weighted by molar-refractivity contribution is -0.119. The molecular formula is C27H27FN2O4. The van der Waals surface area contributed by atoms with Crippen molar-refractivity contribution in [3.63, 3.8) is 0 Å². The first kappa shape index (κ1) is 23.4. The van der Waals surface area contributed by atoms with Gasteiger partial charge in [0.25, 0.3) is 5.91 Å². The number of fused-ring (bicyclic) bond motifs is 1. The van der Waals surface area contributed by atoms with Gasteiger partial charge in [0.1, 0.15) is 11.6 Å². The van der Waals surface area contributed by atoms with Crippen LogP contribution in [0.25, 0.3) is 0 Å². The second kappa shape index (κ2) is 10.1. The number of nitrogens with one attached hydrogen (secondary N) is 1. The molecule has 0 spiro atoms. The Bertz CT molecular complexity index is 1200. The Morgan fingerprint density at radius 1 is 1.06 bits per heavy atom. The van der Waals surface area contributed by atoms with Crippen LogP contribution in [0.4, 0.5) is 10.1 Å². The third-order valence-electron chi connectivity index (χ3n) is 6.08. The molecule has 0 radical (unpaired) electrons. The zero-order chi connectivity index (χ0) is 24.2. The molecule has 0 aromatic heterocycles. The predicted molar refractivity (Wildman–Crippen MR) is 128 cm³/mol. The molecule has 1 N–H and O–H groups in total. The van der Waals surface area contributed by atoms with Gasteiger partial charge in [0.15, 0.2) is 0 Å². The summed E-state index contributed by atoms with van der Waals surface area (Å²) in [4.78, 5) is 29.0. The number of amides is 2. The number of rotatable bonds is 7. The van der Waals surface area contributed by atoms with Crippen LogP contribution in [0.15, 0.2) is 66.7 Å². The summed E-state index contributed by atoms with van der Waals surface area (Å²) in [6, 6.07) is 17.9. The van der Waals surface area contributed by atoms with Gasteiger partial charge < -0.3 is 19.7 Å². The molecule has 1 heterocycles. The van der Waals surface area contributed by atoms with E-state index in [2.05, 4.69) is 5.32 Å². The number of carbonyl (C=O) groups excluding carboxylic acids is 2. The number of halogens is 1. The van der Waals surface area contributed by atoms with E-state index in [4.69, 9.17) is 9.47 Å². The van der Waals surface area contributed by atoms with Gasteiger partial charge in [-0.1, -0.05) is 36.4 Å². The van der Waals surface area contributed by atoms with Gasteiger partial charge in [0.2, 0.25) is 5.91 Å². The fraction of sp³-hybridized carbons (Fsp3) is 0.259. The quantitative estimate of drug-likeness (QED) is 0.552. The van der Waals surface area contributed by atoms with Crippen molar-refractivity contribution in [2.75, 3.05) is 32.7 Å². The third kappa shape index (κ3) is 4.52. The van der Waals surface area contributed by atoms with Crippen LogP contribution in [0.1, 0.15) is 39.0 Å². The van der Waals surface area contributed by atoms with E-state index < -0.39 is 12.0 Å². The normalized spacial score (nSPS) is 17.3. The molecule has 0 saturated carbocycles. The molecule has 2 unspecified atom stereocenters. The van der Waals surface area contributed by atoms with Crippen molar-refractivity contribution >= 4 is 17.5 Å². The van der Waals surface area contributed by atoms with E-state index in [-0.39, 0.29) is 24.2 Å². The fourth-order valence-corrected chi connectivity index (χ4v) is 4.47. The summed E-state index contributed by atoms with van der Waals surface area (Å²) in [5.74, 6) is -1.07. The van der Waals surface area contributed by atoms with Gasteiger partial charge in [-0.25, -0.2) is 4.39 Å². The monoisotopic (exact) mass is 462 g/mol. The summed E-state index contributed by atoms with van der Waals surface area (Å²) in [6.45, 7) is 2.51. The van der Waals surface area contributed by atoms with Gasteiger partial charge in [0, 0.05) is 19.2 Å². The maximum absolute atomic E-state index is 13.9. The van der Waals surface area contributed by atoms with E-state index in [0.717, 1.165) is 5.56 Å². The molecule has 3 aromatic rings. The molecule has 176 valence electrons. The van der Waals surface area contributed by atoms with Crippen LogP contribution >= 0.6 is 0 Å². The highest BCUT2D eigenvalue weighted by atomic mass is 19.1. The van der Waals surface area contributed by atoms with E-state index in [1.54, 1.807) is 55.5 Å². The van der Waals surface area contributed by atoms with Crippen LogP contribution < -0.4 is 10.1 Å². The van der Waals surface area contributed by atoms with E-state index in [0.29, 0.717) is 34.7 Å². The van der Waals surface area contributed by atoms with Crippen LogP contribution in [0.3, 0.4) is 0 Å². The highest BCUT2D eigenvalue weighted by molar-refractivity contribution is 6.04. The summed E-state index contributed by atoms with van der Waals surface area (Å²) < 4.78 is 24.4. The number of hydrogen-bond acceptors (Lipinski definition) is 4. The summed E-state index contributed by atoms with van der Waals surface area (Å²) in [5.41, 5.74) is 3.26. The fourth-order valence-electron chi connectivity index (χ4n) is 4.47. The first-order valence-electron chi connectivity index (χ1n) is 11.0. The molecule has 34 heavy (non-hydrogen) atoms. The Hall–Kier alpha value is -3.71. The number of benzene rings is 3. The molecule has 2 atom stereocenters. The van der Waals surface area contributed by atoms with Crippen LogP contribution in [0.2, 0.25) is 0 Å². The van der Waals surface area contributed by atoms with Gasteiger partial charge in [-0.3, -0.25) is 9.59 Å². The number of ether oxygens (including phenoxy) is 2. The zero-order valence-corrected chi connectivity index (χ0v) is 19.4. The standard InChI is InChI=1S/C27H27FN2O4/c1-17-8-13-23(34-3)22(16-17)29-26(31)24-20-6-4-5-7-21(20)27(32)30(14-15-33-2)25(24)18-9-11-19(28)12-10-18/h4-13,16,24-25H,14-15H2,1-3H3,(H,29,31). The molecule has 1 aliphatic rings. The topological polar surface area (TPSA) is 67.9 Å². The van der Waals surface area contributed by atoms with Gasteiger partial charge >= 0.3 is 0 Å².